The van der Waals surface area contributed by atoms with Gasteiger partial charge in [-0.3, -0.25) is 10.1 Å². The fraction of sp³-hybridized carbons (Fsp3) is 0.0909. The summed E-state index contributed by atoms with van der Waals surface area (Å²) in [6.07, 6.45) is 0. The quantitative estimate of drug-likeness (QED) is 0.388. The zero-order chi connectivity index (χ0) is 22.7. The van der Waals surface area contributed by atoms with Crippen molar-refractivity contribution in [3.8, 4) is 11.5 Å². The molecule has 3 amide bonds. The summed E-state index contributed by atoms with van der Waals surface area (Å²) in [7, 11) is 0. The Bertz CT molecular complexity index is 1180. The van der Waals surface area contributed by atoms with Crippen molar-refractivity contribution < 1.29 is 14.3 Å². The number of carbonyl (C=O) groups excluding carboxylic acids is 2. The normalized spacial score (nSPS) is 10.5. The number of carbonyl (C=O) groups is 2. The minimum atomic E-state index is -0.750. The van der Waals surface area contributed by atoms with E-state index in [4.69, 9.17) is 51.1 Å². The molecule has 0 atom stereocenters. The molecule has 0 saturated carbocycles. The highest BCUT2D eigenvalue weighted by Gasteiger charge is 2.18. The van der Waals surface area contributed by atoms with Gasteiger partial charge in [0.25, 0.3) is 5.91 Å². The topological polar surface area (TPSA) is 67.4 Å². The van der Waals surface area contributed by atoms with Crippen molar-refractivity contribution >= 4 is 64.0 Å². The number of amides is 3. The van der Waals surface area contributed by atoms with Gasteiger partial charge in [0.2, 0.25) is 0 Å². The summed E-state index contributed by atoms with van der Waals surface area (Å²) in [4.78, 5) is 24.6. The molecular weight excluding hydrogens is 482 g/mol. The highest BCUT2D eigenvalue weighted by molar-refractivity contribution is 6.36. The van der Waals surface area contributed by atoms with Crippen LogP contribution in [0.2, 0.25) is 20.1 Å². The molecule has 0 heterocycles. The average Bonchev–Trinajstić information content (AvgIpc) is 2.70. The third-order valence-corrected chi connectivity index (χ3v) is 5.67. The first-order valence-electron chi connectivity index (χ1n) is 8.97. The van der Waals surface area contributed by atoms with Crippen LogP contribution in [0.3, 0.4) is 0 Å². The number of halogens is 4. The Morgan fingerprint density at radius 3 is 2.29 bits per heavy atom. The van der Waals surface area contributed by atoms with Gasteiger partial charge in [-0.05, 0) is 55.8 Å². The minimum absolute atomic E-state index is 0.182. The zero-order valence-electron chi connectivity index (χ0n) is 16.4. The van der Waals surface area contributed by atoms with E-state index in [-0.39, 0.29) is 15.6 Å². The Hall–Kier alpha value is -2.44. The maximum atomic E-state index is 12.3. The summed E-state index contributed by atoms with van der Waals surface area (Å²) >= 11 is 24.5. The number of nitrogens with one attached hydrogen (secondary N) is 2. The first-order chi connectivity index (χ1) is 14.7. The molecule has 0 radical (unpaired) electrons. The van der Waals surface area contributed by atoms with Gasteiger partial charge in [0.1, 0.15) is 11.5 Å². The molecule has 3 aromatic rings. The number of ether oxygens (including phenoxy) is 1. The summed E-state index contributed by atoms with van der Waals surface area (Å²) in [6.45, 7) is 3.53. The number of anilines is 1. The largest absolute Gasteiger partial charge is 0.455 e. The second-order valence-electron chi connectivity index (χ2n) is 6.57. The van der Waals surface area contributed by atoms with Crippen molar-refractivity contribution in [1.29, 1.82) is 0 Å². The number of rotatable bonds is 4. The molecule has 0 aliphatic heterocycles. The van der Waals surface area contributed by atoms with Crippen LogP contribution in [0, 0.1) is 13.8 Å². The van der Waals surface area contributed by atoms with E-state index in [1.165, 1.54) is 6.07 Å². The maximum absolute atomic E-state index is 12.3. The molecule has 0 spiro atoms. The van der Waals surface area contributed by atoms with E-state index in [1.807, 2.05) is 0 Å². The predicted octanol–water partition coefficient (Wildman–Crippen LogP) is 7.67. The second kappa shape index (κ2) is 9.79. The van der Waals surface area contributed by atoms with Gasteiger partial charge >= 0.3 is 6.03 Å². The summed E-state index contributed by atoms with van der Waals surface area (Å²) in [5, 5.41) is 6.13. The molecule has 0 bridgehead atoms. The third-order valence-electron chi connectivity index (χ3n) is 4.32. The Kier molecular flexibility index (Phi) is 7.34. The lowest BCUT2D eigenvalue weighted by Gasteiger charge is -2.17. The summed E-state index contributed by atoms with van der Waals surface area (Å²) in [5.41, 5.74) is 1.78. The van der Waals surface area contributed by atoms with E-state index in [1.54, 1.807) is 56.3 Å². The number of aryl methyl sites for hydroxylation is 1. The fourth-order valence-corrected chi connectivity index (χ4v) is 3.68. The molecule has 0 saturated heterocycles. The Morgan fingerprint density at radius 1 is 0.903 bits per heavy atom. The summed E-state index contributed by atoms with van der Waals surface area (Å²) in [5.74, 6) is 0.273. The molecule has 9 heteroatoms. The van der Waals surface area contributed by atoms with Gasteiger partial charge in [0.15, 0.2) is 0 Å². The van der Waals surface area contributed by atoms with E-state index in [0.29, 0.717) is 38.4 Å². The van der Waals surface area contributed by atoms with E-state index in [9.17, 15) is 9.59 Å². The smallest absolute Gasteiger partial charge is 0.326 e. The molecule has 3 aromatic carbocycles. The van der Waals surface area contributed by atoms with Crippen LogP contribution in [0.5, 0.6) is 11.5 Å². The molecular formula is C22H16Cl4N2O3. The average molecular weight is 498 g/mol. The Balaban J connectivity index is 1.79. The molecule has 31 heavy (non-hydrogen) atoms. The Labute approximate surface area is 199 Å². The standard InChI is InChI=1S/C22H16Cl4N2O3/c1-11-9-17(27-22(30)28-21(29)14-5-3-4-6-15(14)24)19(26)12(2)20(11)31-18-8-7-13(23)10-16(18)25/h3-10H,1-2H3,(H2,27,28,29,30). The van der Waals surface area contributed by atoms with Crippen molar-refractivity contribution in [2.45, 2.75) is 13.8 Å². The maximum Gasteiger partial charge on any atom is 0.326 e. The molecule has 0 aliphatic rings. The van der Waals surface area contributed by atoms with Gasteiger partial charge in [-0.15, -0.1) is 0 Å². The number of urea groups is 1. The zero-order valence-corrected chi connectivity index (χ0v) is 19.4. The van der Waals surface area contributed by atoms with Crippen LogP contribution in [0.1, 0.15) is 21.5 Å². The van der Waals surface area contributed by atoms with E-state index < -0.39 is 11.9 Å². The van der Waals surface area contributed by atoms with Crippen LogP contribution < -0.4 is 15.4 Å². The SMILES string of the molecule is Cc1cc(NC(=O)NC(=O)c2ccccc2Cl)c(Cl)c(C)c1Oc1ccc(Cl)cc1Cl. The molecule has 0 fully saturated rings. The molecule has 160 valence electrons. The van der Waals surface area contributed by atoms with Crippen LogP contribution in [0.4, 0.5) is 10.5 Å². The predicted molar refractivity (Wildman–Crippen MR) is 125 cm³/mol. The van der Waals surface area contributed by atoms with Gasteiger partial charge in [0.05, 0.1) is 26.3 Å². The van der Waals surface area contributed by atoms with Crippen LogP contribution in [0.15, 0.2) is 48.5 Å². The lowest BCUT2D eigenvalue weighted by Crippen LogP contribution is -2.34. The van der Waals surface area contributed by atoms with Crippen molar-refractivity contribution in [2.75, 3.05) is 5.32 Å². The summed E-state index contributed by atoms with van der Waals surface area (Å²) in [6, 6.07) is 12.2. The number of hydrogen-bond donors (Lipinski definition) is 2. The van der Waals surface area contributed by atoms with Crippen LogP contribution in [0.25, 0.3) is 0 Å². The molecule has 3 rings (SSSR count). The van der Waals surface area contributed by atoms with Crippen LogP contribution in [-0.4, -0.2) is 11.9 Å². The number of hydrogen-bond acceptors (Lipinski definition) is 3. The van der Waals surface area contributed by atoms with Crippen molar-refractivity contribution in [2.24, 2.45) is 0 Å². The molecule has 5 nitrogen and oxygen atoms in total. The van der Waals surface area contributed by atoms with Gasteiger partial charge in [0, 0.05) is 10.6 Å². The van der Waals surface area contributed by atoms with E-state index >= 15 is 0 Å². The summed E-state index contributed by atoms with van der Waals surface area (Å²) < 4.78 is 5.93. The molecule has 0 aromatic heterocycles. The highest BCUT2D eigenvalue weighted by atomic mass is 35.5. The molecule has 0 aliphatic carbocycles. The van der Waals surface area contributed by atoms with Crippen LogP contribution in [-0.2, 0) is 0 Å². The molecule has 2 N–H and O–H groups in total. The lowest BCUT2D eigenvalue weighted by atomic mass is 10.1. The first-order valence-corrected chi connectivity index (χ1v) is 10.5. The highest BCUT2D eigenvalue weighted by Crippen LogP contribution is 2.40. The van der Waals surface area contributed by atoms with Crippen LogP contribution >= 0.6 is 46.4 Å². The van der Waals surface area contributed by atoms with Gasteiger partial charge in [-0.25, -0.2) is 4.79 Å². The number of benzene rings is 3. The van der Waals surface area contributed by atoms with Crippen molar-refractivity contribution in [1.82, 2.24) is 5.32 Å². The second-order valence-corrected chi connectivity index (χ2v) is 8.20. The van der Waals surface area contributed by atoms with Crippen molar-refractivity contribution in [3.05, 3.63) is 85.3 Å². The van der Waals surface area contributed by atoms with Gasteiger partial charge < -0.3 is 10.1 Å². The first kappa shape index (κ1) is 23.2. The lowest BCUT2D eigenvalue weighted by molar-refractivity contribution is 0.0967. The minimum Gasteiger partial charge on any atom is -0.455 e. The molecule has 0 unspecified atom stereocenters. The van der Waals surface area contributed by atoms with E-state index in [2.05, 4.69) is 10.6 Å². The van der Waals surface area contributed by atoms with Gasteiger partial charge in [-0.2, -0.15) is 0 Å². The van der Waals surface area contributed by atoms with E-state index in [0.717, 1.165) is 0 Å². The fourth-order valence-electron chi connectivity index (χ4n) is 2.83. The number of imide groups is 1. The van der Waals surface area contributed by atoms with Gasteiger partial charge in [-0.1, -0.05) is 58.5 Å². The Morgan fingerprint density at radius 2 is 1.61 bits per heavy atom. The third kappa shape index (κ3) is 5.43. The monoisotopic (exact) mass is 496 g/mol. The van der Waals surface area contributed by atoms with Crippen molar-refractivity contribution in [3.63, 3.8) is 0 Å².